The number of aromatic nitrogens is 1. The summed E-state index contributed by atoms with van der Waals surface area (Å²) in [6.07, 6.45) is 3.89. The lowest BCUT2D eigenvalue weighted by Crippen LogP contribution is -2.36. The predicted molar refractivity (Wildman–Crippen MR) is 90.2 cm³/mol. The average Bonchev–Trinajstić information content (AvgIpc) is 3.22. The molecule has 22 heavy (non-hydrogen) atoms. The van der Waals surface area contributed by atoms with E-state index in [-0.39, 0.29) is 6.03 Å². The van der Waals surface area contributed by atoms with Crippen LogP contribution in [0.15, 0.2) is 35.8 Å². The van der Waals surface area contributed by atoms with Gasteiger partial charge < -0.3 is 4.90 Å². The minimum Gasteiger partial charge on any atom is -0.317 e. The van der Waals surface area contributed by atoms with E-state index in [2.05, 4.69) is 48.4 Å². The van der Waals surface area contributed by atoms with E-state index < -0.39 is 0 Å². The summed E-state index contributed by atoms with van der Waals surface area (Å²) in [4.78, 5) is 18.5. The zero-order valence-electron chi connectivity index (χ0n) is 13.0. The van der Waals surface area contributed by atoms with Crippen molar-refractivity contribution in [2.45, 2.75) is 45.2 Å². The normalized spacial score (nSPS) is 14.1. The Kier molecular flexibility index (Phi) is 4.43. The fourth-order valence-corrected chi connectivity index (χ4v) is 2.92. The lowest BCUT2D eigenvalue weighted by molar-refractivity contribution is 0.206. The van der Waals surface area contributed by atoms with Crippen molar-refractivity contribution in [1.82, 2.24) is 9.88 Å². The van der Waals surface area contributed by atoms with Crippen LogP contribution in [0, 0.1) is 0 Å². The third kappa shape index (κ3) is 3.65. The lowest BCUT2D eigenvalue weighted by atomic mass is 10.0. The Labute approximate surface area is 135 Å². The maximum atomic E-state index is 12.5. The van der Waals surface area contributed by atoms with Crippen molar-refractivity contribution < 1.29 is 4.79 Å². The van der Waals surface area contributed by atoms with Gasteiger partial charge in [0.05, 0.1) is 0 Å². The first kappa shape index (κ1) is 15.0. The van der Waals surface area contributed by atoms with Gasteiger partial charge in [-0.15, -0.1) is 11.3 Å². The Morgan fingerprint density at radius 2 is 2.09 bits per heavy atom. The Morgan fingerprint density at radius 1 is 1.36 bits per heavy atom. The summed E-state index contributed by atoms with van der Waals surface area (Å²) in [5.41, 5.74) is 2.50. The van der Waals surface area contributed by atoms with E-state index in [1.807, 2.05) is 10.3 Å². The number of anilines is 1. The Morgan fingerprint density at radius 3 is 2.64 bits per heavy atom. The van der Waals surface area contributed by atoms with Crippen molar-refractivity contribution in [3.8, 4) is 0 Å². The number of benzene rings is 1. The zero-order chi connectivity index (χ0) is 15.5. The maximum absolute atomic E-state index is 12.5. The molecule has 1 aromatic carbocycles. The van der Waals surface area contributed by atoms with Crippen LogP contribution in [0.4, 0.5) is 9.93 Å². The Bertz CT molecular complexity index is 618. The van der Waals surface area contributed by atoms with Crippen LogP contribution in [0.1, 0.15) is 43.7 Å². The van der Waals surface area contributed by atoms with Crippen LogP contribution in [0.5, 0.6) is 0 Å². The first-order valence-electron chi connectivity index (χ1n) is 7.69. The molecule has 5 heteroatoms. The number of urea groups is 1. The Hall–Kier alpha value is -1.88. The summed E-state index contributed by atoms with van der Waals surface area (Å²) in [5.74, 6) is 0.529. The number of nitrogens with zero attached hydrogens (tertiary/aromatic N) is 2. The molecule has 0 spiro atoms. The minimum absolute atomic E-state index is 0.0506. The number of nitrogens with one attached hydrogen (secondary N) is 1. The van der Waals surface area contributed by atoms with Gasteiger partial charge in [0.2, 0.25) is 0 Å². The van der Waals surface area contributed by atoms with E-state index in [0.717, 1.165) is 12.8 Å². The van der Waals surface area contributed by atoms with Gasteiger partial charge in [0.15, 0.2) is 5.13 Å². The van der Waals surface area contributed by atoms with E-state index >= 15 is 0 Å². The minimum atomic E-state index is -0.0506. The molecule has 1 N–H and O–H groups in total. The van der Waals surface area contributed by atoms with Gasteiger partial charge in [0.25, 0.3) is 0 Å². The first-order chi connectivity index (χ1) is 10.6. The van der Waals surface area contributed by atoms with Crippen LogP contribution < -0.4 is 5.32 Å². The van der Waals surface area contributed by atoms with Gasteiger partial charge in [0.1, 0.15) is 0 Å². The third-order valence-electron chi connectivity index (χ3n) is 3.89. The third-order valence-corrected chi connectivity index (χ3v) is 4.58. The average molecular weight is 315 g/mol. The van der Waals surface area contributed by atoms with Crippen LogP contribution in [0.2, 0.25) is 0 Å². The van der Waals surface area contributed by atoms with E-state index in [1.54, 1.807) is 6.20 Å². The highest BCUT2D eigenvalue weighted by molar-refractivity contribution is 7.13. The zero-order valence-corrected chi connectivity index (χ0v) is 13.8. The molecule has 1 heterocycles. The summed E-state index contributed by atoms with van der Waals surface area (Å²) in [6.45, 7) is 5.03. The summed E-state index contributed by atoms with van der Waals surface area (Å²) < 4.78 is 0. The maximum Gasteiger partial charge on any atom is 0.324 e. The van der Waals surface area contributed by atoms with Gasteiger partial charge in [0, 0.05) is 24.2 Å². The van der Waals surface area contributed by atoms with Crippen LogP contribution in [0.25, 0.3) is 0 Å². The van der Waals surface area contributed by atoms with Gasteiger partial charge in [-0.25, -0.2) is 9.78 Å². The second-order valence-electron chi connectivity index (χ2n) is 6.02. The predicted octanol–water partition coefficient (Wildman–Crippen LogP) is 4.46. The summed E-state index contributed by atoms with van der Waals surface area (Å²) in [5, 5.41) is 5.41. The molecule has 1 aliphatic rings. The number of rotatable bonds is 5. The number of hydrogen-bond acceptors (Lipinski definition) is 3. The van der Waals surface area contributed by atoms with Crippen molar-refractivity contribution in [3.05, 3.63) is 47.0 Å². The molecule has 4 nitrogen and oxygen atoms in total. The molecule has 116 valence electrons. The summed E-state index contributed by atoms with van der Waals surface area (Å²) >= 11 is 1.44. The molecule has 0 radical (unpaired) electrons. The molecule has 0 bridgehead atoms. The molecule has 2 aromatic rings. The molecule has 0 unspecified atom stereocenters. The second kappa shape index (κ2) is 6.48. The number of thiazole rings is 1. The van der Waals surface area contributed by atoms with Gasteiger partial charge >= 0.3 is 6.03 Å². The fourth-order valence-electron chi connectivity index (χ4n) is 2.41. The van der Waals surface area contributed by atoms with E-state index in [1.165, 1.54) is 22.5 Å². The van der Waals surface area contributed by atoms with Gasteiger partial charge in [-0.1, -0.05) is 38.1 Å². The van der Waals surface area contributed by atoms with E-state index in [0.29, 0.717) is 23.6 Å². The standard InChI is InChI=1S/C17H21N3OS/c1-12(2)14-5-3-13(4-6-14)11-20(15-7-8-15)17(21)19-16-18-9-10-22-16/h3-6,9-10,12,15H,7-8,11H2,1-2H3,(H,18,19,21). The van der Waals surface area contributed by atoms with Gasteiger partial charge in [-0.05, 0) is 29.9 Å². The number of amides is 2. The van der Waals surface area contributed by atoms with Crippen molar-refractivity contribution in [1.29, 1.82) is 0 Å². The molecule has 0 aliphatic heterocycles. The van der Waals surface area contributed by atoms with Crippen molar-refractivity contribution in [2.75, 3.05) is 5.32 Å². The molecule has 1 aliphatic carbocycles. The van der Waals surface area contributed by atoms with Crippen molar-refractivity contribution in [2.24, 2.45) is 0 Å². The monoisotopic (exact) mass is 315 g/mol. The number of hydrogen-bond donors (Lipinski definition) is 1. The highest BCUT2D eigenvalue weighted by atomic mass is 32.1. The number of carbonyl (C=O) groups excluding carboxylic acids is 1. The van der Waals surface area contributed by atoms with Gasteiger partial charge in [-0.3, -0.25) is 5.32 Å². The van der Waals surface area contributed by atoms with Crippen molar-refractivity contribution in [3.63, 3.8) is 0 Å². The molecule has 0 saturated heterocycles. The second-order valence-corrected chi connectivity index (χ2v) is 6.92. The molecular formula is C17H21N3OS. The van der Waals surface area contributed by atoms with Crippen molar-refractivity contribution >= 4 is 22.5 Å². The van der Waals surface area contributed by atoms with Crippen LogP contribution in [0.3, 0.4) is 0 Å². The van der Waals surface area contributed by atoms with Crippen LogP contribution >= 0.6 is 11.3 Å². The summed E-state index contributed by atoms with van der Waals surface area (Å²) in [6, 6.07) is 8.88. The summed E-state index contributed by atoms with van der Waals surface area (Å²) in [7, 11) is 0. The fraction of sp³-hybridized carbons (Fsp3) is 0.412. The molecule has 2 amide bonds. The van der Waals surface area contributed by atoms with E-state index in [9.17, 15) is 4.79 Å². The first-order valence-corrected chi connectivity index (χ1v) is 8.57. The lowest BCUT2D eigenvalue weighted by Gasteiger charge is -2.22. The molecule has 1 fully saturated rings. The van der Waals surface area contributed by atoms with Crippen LogP contribution in [-0.4, -0.2) is 22.0 Å². The topological polar surface area (TPSA) is 45.2 Å². The van der Waals surface area contributed by atoms with Gasteiger partial charge in [-0.2, -0.15) is 0 Å². The molecular weight excluding hydrogens is 294 g/mol. The Balaban J connectivity index is 1.67. The smallest absolute Gasteiger partial charge is 0.317 e. The number of carbonyl (C=O) groups is 1. The largest absolute Gasteiger partial charge is 0.324 e. The molecule has 3 rings (SSSR count). The molecule has 1 saturated carbocycles. The highest BCUT2D eigenvalue weighted by Gasteiger charge is 2.32. The van der Waals surface area contributed by atoms with E-state index in [4.69, 9.17) is 0 Å². The molecule has 0 atom stereocenters. The van der Waals surface area contributed by atoms with Crippen LogP contribution in [-0.2, 0) is 6.54 Å². The molecule has 1 aromatic heterocycles. The quantitative estimate of drug-likeness (QED) is 0.885. The highest BCUT2D eigenvalue weighted by Crippen LogP contribution is 2.29. The SMILES string of the molecule is CC(C)c1ccc(CN(C(=O)Nc2nccs2)C2CC2)cc1.